The van der Waals surface area contributed by atoms with Crippen LogP contribution in [-0.2, 0) is 5.41 Å². The monoisotopic (exact) mass is 279 g/mol. The van der Waals surface area contributed by atoms with Gasteiger partial charge in [0.05, 0.1) is 12.1 Å². The zero-order valence-corrected chi connectivity index (χ0v) is 13.7. The number of likely N-dealkylation sites (N-methyl/N-ethyl adjacent to an activating group) is 1. The van der Waals surface area contributed by atoms with Gasteiger partial charge in [0.25, 0.3) is 0 Å². The van der Waals surface area contributed by atoms with Crippen LogP contribution in [0.5, 0.6) is 5.75 Å². The molecule has 2 N–H and O–H groups in total. The van der Waals surface area contributed by atoms with Gasteiger partial charge in [0, 0.05) is 0 Å². The van der Waals surface area contributed by atoms with Gasteiger partial charge in [-0.3, -0.25) is 0 Å². The molecule has 1 unspecified atom stereocenters. The van der Waals surface area contributed by atoms with Gasteiger partial charge in [-0.15, -0.1) is 0 Å². The summed E-state index contributed by atoms with van der Waals surface area (Å²) in [7, 11) is 0. The summed E-state index contributed by atoms with van der Waals surface area (Å²) in [5, 5.41) is 12.8. The topological polar surface area (TPSA) is 41.5 Å². The van der Waals surface area contributed by atoms with Crippen LogP contribution < -0.4 is 10.1 Å². The van der Waals surface area contributed by atoms with Gasteiger partial charge in [0.1, 0.15) is 12.4 Å². The van der Waals surface area contributed by atoms with Crippen LogP contribution >= 0.6 is 0 Å². The Morgan fingerprint density at radius 1 is 1.20 bits per heavy atom. The number of hydrogen-bond acceptors (Lipinski definition) is 3. The van der Waals surface area contributed by atoms with Crippen molar-refractivity contribution in [3.63, 3.8) is 0 Å². The molecular weight excluding hydrogens is 250 g/mol. The van der Waals surface area contributed by atoms with E-state index in [0.29, 0.717) is 6.61 Å². The van der Waals surface area contributed by atoms with Gasteiger partial charge in [-0.25, -0.2) is 0 Å². The number of ether oxygens (including phenoxy) is 1. The zero-order chi connectivity index (χ0) is 15.4. The molecule has 0 heterocycles. The quantitative estimate of drug-likeness (QED) is 0.841. The third-order valence-corrected chi connectivity index (χ3v) is 3.44. The third kappa shape index (κ3) is 4.50. The molecule has 1 atom stereocenters. The molecule has 0 spiro atoms. The maximum atomic E-state index is 9.53. The number of aliphatic hydroxyl groups is 1. The van der Waals surface area contributed by atoms with Gasteiger partial charge < -0.3 is 15.2 Å². The second-order valence-electron chi connectivity index (χ2n) is 6.79. The molecular formula is C17H29NO2. The first kappa shape index (κ1) is 17.0. The van der Waals surface area contributed by atoms with Gasteiger partial charge in [0.15, 0.2) is 0 Å². The summed E-state index contributed by atoms with van der Waals surface area (Å²) in [6.07, 6.45) is 0. The fourth-order valence-electron chi connectivity index (χ4n) is 2.17. The smallest absolute Gasteiger partial charge is 0.123 e. The van der Waals surface area contributed by atoms with E-state index in [1.54, 1.807) is 0 Å². The Morgan fingerprint density at radius 2 is 1.85 bits per heavy atom. The molecule has 1 rings (SSSR count). The molecule has 0 aliphatic carbocycles. The van der Waals surface area contributed by atoms with Crippen molar-refractivity contribution in [3.05, 3.63) is 29.3 Å². The standard InChI is InChI=1S/C17H29NO2/c1-7-18-17(6,11-19)12-20-15-9-8-13(2)10-14(15)16(3,4)5/h8-10,18-19H,7,11-12H2,1-6H3. The van der Waals surface area contributed by atoms with Crippen molar-refractivity contribution in [2.24, 2.45) is 0 Å². The van der Waals surface area contributed by atoms with Crippen molar-refractivity contribution in [3.8, 4) is 5.75 Å². The first-order valence-corrected chi connectivity index (χ1v) is 7.31. The summed E-state index contributed by atoms with van der Waals surface area (Å²) in [4.78, 5) is 0. The summed E-state index contributed by atoms with van der Waals surface area (Å²) in [5.74, 6) is 0.903. The lowest BCUT2D eigenvalue weighted by Gasteiger charge is -2.30. The van der Waals surface area contributed by atoms with Gasteiger partial charge in [-0.1, -0.05) is 45.4 Å². The zero-order valence-electron chi connectivity index (χ0n) is 13.7. The number of nitrogens with one attached hydrogen (secondary N) is 1. The van der Waals surface area contributed by atoms with E-state index in [9.17, 15) is 5.11 Å². The minimum Gasteiger partial charge on any atom is -0.491 e. The summed E-state index contributed by atoms with van der Waals surface area (Å²) in [6.45, 7) is 14.0. The van der Waals surface area contributed by atoms with Crippen LogP contribution in [0.25, 0.3) is 0 Å². The van der Waals surface area contributed by atoms with E-state index < -0.39 is 5.54 Å². The van der Waals surface area contributed by atoms with E-state index in [-0.39, 0.29) is 12.0 Å². The Hall–Kier alpha value is -1.06. The van der Waals surface area contributed by atoms with Gasteiger partial charge in [-0.2, -0.15) is 0 Å². The normalized spacial score (nSPS) is 14.9. The first-order valence-electron chi connectivity index (χ1n) is 7.31. The second-order valence-corrected chi connectivity index (χ2v) is 6.79. The minimum absolute atomic E-state index is 0.0369. The van der Waals surface area contributed by atoms with E-state index in [0.717, 1.165) is 12.3 Å². The molecule has 0 bridgehead atoms. The maximum Gasteiger partial charge on any atom is 0.123 e. The van der Waals surface area contributed by atoms with E-state index in [1.165, 1.54) is 11.1 Å². The van der Waals surface area contributed by atoms with Crippen molar-refractivity contribution >= 4 is 0 Å². The van der Waals surface area contributed by atoms with Crippen molar-refractivity contribution < 1.29 is 9.84 Å². The lowest BCUT2D eigenvalue weighted by Crippen LogP contribution is -2.50. The van der Waals surface area contributed by atoms with Crippen LogP contribution in [0.3, 0.4) is 0 Å². The maximum absolute atomic E-state index is 9.53. The SMILES string of the molecule is CCNC(C)(CO)COc1ccc(C)cc1C(C)(C)C. The second kappa shape index (κ2) is 6.59. The Balaban J connectivity index is 2.93. The molecule has 3 heteroatoms. The number of hydrogen-bond donors (Lipinski definition) is 2. The molecule has 0 aliphatic rings. The van der Waals surface area contributed by atoms with Crippen LogP contribution in [0, 0.1) is 6.92 Å². The lowest BCUT2D eigenvalue weighted by atomic mass is 9.85. The van der Waals surface area contributed by atoms with Crippen molar-refractivity contribution in [2.75, 3.05) is 19.8 Å². The highest BCUT2D eigenvalue weighted by atomic mass is 16.5. The number of rotatable bonds is 6. The third-order valence-electron chi connectivity index (χ3n) is 3.44. The fraction of sp³-hybridized carbons (Fsp3) is 0.647. The van der Waals surface area contributed by atoms with Gasteiger partial charge in [0.2, 0.25) is 0 Å². The molecule has 1 aromatic rings. The van der Waals surface area contributed by atoms with Crippen molar-refractivity contribution in [2.45, 2.75) is 52.5 Å². The van der Waals surface area contributed by atoms with E-state index >= 15 is 0 Å². The number of benzene rings is 1. The molecule has 0 amide bonds. The molecule has 0 aliphatic heterocycles. The largest absolute Gasteiger partial charge is 0.491 e. The average Bonchev–Trinajstić information content (AvgIpc) is 2.36. The summed E-state index contributed by atoms with van der Waals surface area (Å²) in [6, 6.07) is 6.27. The Kier molecular flexibility index (Phi) is 5.60. The van der Waals surface area contributed by atoms with Gasteiger partial charge in [-0.05, 0) is 37.4 Å². The number of aryl methyl sites for hydroxylation is 1. The highest BCUT2D eigenvalue weighted by Crippen LogP contribution is 2.32. The highest BCUT2D eigenvalue weighted by Gasteiger charge is 2.25. The van der Waals surface area contributed by atoms with Crippen LogP contribution in [-0.4, -0.2) is 30.4 Å². The predicted molar refractivity (Wildman–Crippen MR) is 84.5 cm³/mol. The fourth-order valence-corrected chi connectivity index (χ4v) is 2.17. The van der Waals surface area contributed by atoms with Crippen molar-refractivity contribution in [1.82, 2.24) is 5.32 Å². The van der Waals surface area contributed by atoms with E-state index in [4.69, 9.17) is 4.74 Å². The van der Waals surface area contributed by atoms with Crippen molar-refractivity contribution in [1.29, 1.82) is 0 Å². The molecule has 3 nitrogen and oxygen atoms in total. The average molecular weight is 279 g/mol. The van der Waals surface area contributed by atoms with E-state index in [1.807, 2.05) is 19.9 Å². The first-order chi connectivity index (χ1) is 9.22. The van der Waals surface area contributed by atoms with Gasteiger partial charge >= 0.3 is 0 Å². The lowest BCUT2D eigenvalue weighted by molar-refractivity contribution is 0.116. The molecule has 114 valence electrons. The van der Waals surface area contributed by atoms with Crippen LogP contribution in [0.4, 0.5) is 0 Å². The minimum atomic E-state index is -0.408. The molecule has 0 radical (unpaired) electrons. The number of aliphatic hydroxyl groups excluding tert-OH is 1. The Morgan fingerprint density at radius 3 is 2.35 bits per heavy atom. The van der Waals surface area contributed by atoms with Crippen LogP contribution in [0.1, 0.15) is 45.7 Å². The summed E-state index contributed by atoms with van der Waals surface area (Å²) < 4.78 is 6.00. The summed E-state index contributed by atoms with van der Waals surface area (Å²) in [5.41, 5.74) is 2.07. The molecule has 20 heavy (non-hydrogen) atoms. The van der Waals surface area contributed by atoms with Crippen LogP contribution in [0.2, 0.25) is 0 Å². The molecule has 0 saturated heterocycles. The summed E-state index contributed by atoms with van der Waals surface area (Å²) >= 11 is 0. The molecule has 0 fully saturated rings. The molecule has 0 aromatic heterocycles. The van der Waals surface area contributed by atoms with E-state index in [2.05, 4.69) is 45.1 Å². The Bertz CT molecular complexity index is 437. The Labute approximate surface area is 123 Å². The molecule has 1 aromatic carbocycles. The highest BCUT2D eigenvalue weighted by molar-refractivity contribution is 5.41. The molecule has 0 saturated carbocycles. The predicted octanol–water partition coefficient (Wildman–Crippen LogP) is 3.03. The van der Waals surface area contributed by atoms with Crippen LogP contribution in [0.15, 0.2) is 18.2 Å².